The Hall–Kier alpha value is -1.76. The Labute approximate surface area is 160 Å². The Morgan fingerprint density at radius 3 is 2.24 bits per heavy atom. The van der Waals surface area contributed by atoms with Gasteiger partial charge in [0.2, 0.25) is 0 Å². The van der Waals surface area contributed by atoms with Gasteiger partial charge >= 0.3 is 11.9 Å². The molecule has 0 atom stereocenters. The van der Waals surface area contributed by atoms with Crippen molar-refractivity contribution in [2.75, 3.05) is 12.4 Å². The quantitative estimate of drug-likeness (QED) is 0.249. The van der Waals surface area contributed by atoms with Gasteiger partial charge in [0.25, 0.3) is 0 Å². The van der Waals surface area contributed by atoms with E-state index in [4.69, 9.17) is 39.5 Å². The number of methoxy groups -OCH3 is 1. The smallest absolute Gasteiger partial charge is 0.343 e. The van der Waals surface area contributed by atoms with E-state index in [1.54, 1.807) is 13.8 Å². The van der Waals surface area contributed by atoms with Crippen molar-refractivity contribution in [1.82, 2.24) is 0 Å². The molecule has 0 spiro atoms. The number of hydrogen-bond acceptors (Lipinski definition) is 6. The molecule has 0 radical (unpaired) electrons. The first kappa shape index (κ1) is 21.3. The molecule has 0 aliphatic carbocycles. The number of nitrogens with one attached hydrogen (secondary N) is 1. The highest BCUT2D eigenvalue weighted by Crippen LogP contribution is 2.38. The van der Waals surface area contributed by atoms with Crippen molar-refractivity contribution >= 4 is 58.2 Å². The molecule has 0 aliphatic heterocycles. The van der Waals surface area contributed by atoms with E-state index in [0.717, 1.165) is 6.20 Å². The first-order valence-corrected chi connectivity index (χ1v) is 8.17. The molecule has 1 aromatic rings. The van der Waals surface area contributed by atoms with Gasteiger partial charge in [-0.15, -0.1) is 0 Å². The van der Waals surface area contributed by atoms with Crippen LogP contribution in [0.2, 0.25) is 15.1 Å². The van der Waals surface area contributed by atoms with E-state index < -0.39 is 23.8 Å². The van der Waals surface area contributed by atoms with Gasteiger partial charge in [0.05, 0.1) is 34.0 Å². The number of carbonyl (C=O) groups excluding carboxylic acids is 3. The molecule has 25 heavy (non-hydrogen) atoms. The summed E-state index contributed by atoms with van der Waals surface area (Å²) in [5.74, 6) is -2.09. The van der Waals surface area contributed by atoms with Crippen LogP contribution in [-0.2, 0) is 19.1 Å². The molecule has 0 bridgehead atoms. The van der Waals surface area contributed by atoms with Gasteiger partial charge in [0, 0.05) is 6.20 Å². The van der Waals surface area contributed by atoms with E-state index in [2.05, 4.69) is 10.1 Å². The van der Waals surface area contributed by atoms with E-state index in [0.29, 0.717) is 0 Å². The van der Waals surface area contributed by atoms with Crippen molar-refractivity contribution in [1.29, 1.82) is 0 Å². The predicted octanol–water partition coefficient (Wildman–Crippen LogP) is 4.27. The predicted molar refractivity (Wildman–Crippen MR) is 96.4 cm³/mol. The number of ketones is 1. The highest BCUT2D eigenvalue weighted by molar-refractivity contribution is 6.47. The molecular formula is C16H16Cl3NO5. The average molecular weight is 409 g/mol. The van der Waals surface area contributed by atoms with Crippen molar-refractivity contribution < 1.29 is 23.9 Å². The fourth-order valence-electron chi connectivity index (χ4n) is 1.72. The van der Waals surface area contributed by atoms with Gasteiger partial charge in [-0.05, 0) is 26.8 Å². The van der Waals surface area contributed by atoms with Crippen LogP contribution in [0.1, 0.15) is 31.1 Å². The fourth-order valence-corrected chi connectivity index (χ4v) is 2.48. The molecule has 0 amide bonds. The molecule has 0 heterocycles. The number of anilines is 1. The Bertz CT molecular complexity index is 744. The number of rotatable bonds is 6. The average Bonchev–Trinajstić information content (AvgIpc) is 2.51. The molecule has 9 heteroatoms. The lowest BCUT2D eigenvalue weighted by Crippen LogP contribution is -2.18. The molecule has 1 rings (SSSR count). The maximum absolute atomic E-state index is 11.9. The van der Waals surface area contributed by atoms with Crippen LogP contribution in [0.3, 0.4) is 0 Å². The third kappa shape index (κ3) is 5.36. The van der Waals surface area contributed by atoms with Gasteiger partial charge in [-0.1, -0.05) is 34.8 Å². The number of hydrogen-bond donors (Lipinski definition) is 1. The molecule has 0 saturated carbocycles. The molecule has 1 aromatic carbocycles. The van der Waals surface area contributed by atoms with Crippen LogP contribution in [0.25, 0.3) is 0 Å². The molecule has 6 nitrogen and oxygen atoms in total. The second-order valence-corrected chi connectivity index (χ2v) is 6.28. The lowest BCUT2D eigenvalue weighted by atomic mass is 10.1. The third-order valence-corrected chi connectivity index (χ3v) is 4.04. The summed E-state index contributed by atoms with van der Waals surface area (Å²) in [4.78, 5) is 35.4. The monoisotopic (exact) mass is 407 g/mol. The summed E-state index contributed by atoms with van der Waals surface area (Å²) in [7, 11) is 1.17. The zero-order valence-corrected chi connectivity index (χ0v) is 16.2. The minimum absolute atomic E-state index is 0.0384. The maximum Gasteiger partial charge on any atom is 0.343 e. The van der Waals surface area contributed by atoms with Gasteiger partial charge in [-0.2, -0.15) is 0 Å². The molecular weight excluding hydrogens is 393 g/mol. The molecule has 0 fully saturated rings. The SMILES string of the molecule is COC(=O)c1c(Cl)c(Cl)cc(NC=C(C(C)=O)C(=O)OC(C)C)c1Cl. The van der Waals surface area contributed by atoms with Crippen molar-refractivity contribution in [2.24, 2.45) is 0 Å². The summed E-state index contributed by atoms with van der Waals surface area (Å²) in [5.41, 5.74) is -0.202. The van der Waals surface area contributed by atoms with Gasteiger partial charge in [-0.3, -0.25) is 4.79 Å². The summed E-state index contributed by atoms with van der Waals surface area (Å²) >= 11 is 18.1. The Morgan fingerprint density at radius 2 is 1.76 bits per heavy atom. The highest BCUT2D eigenvalue weighted by atomic mass is 35.5. The standard InChI is InChI=1S/C16H16Cl3NO5/c1-7(2)25-15(22)9(8(3)21)6-20-11-5-10(17)13(18)12(14(11)19)16(23)24-4/h5-7,20H,1-4H3. The second kappa shape index (κ2) is 9.08. The van der Waals surface area contributed by atoms with E-state index >= 15 is 0 Å². The zero-order valence-electron chi connectivity index (χ0n) is 13.9. The van der Waals surface area contributed by atoms with Gasteiger partial charge in [0.15, 0.2) is 5.78 Å². The summed E-state index contributed by atoms with van der Waals surface area (Å²) in [6, 6.07) is 1.35. The van der Waals surface area contributed by atoms with E-state index in [-0.39, 0.29) is 31.9 Å². The van der Waals surface area contributed by atoms with Crippen LogP contribution in [-0.4, -0.2) is 30.9 Å². The number of benzene rings is 1. The molecule has 0 saturated heterocycles. The molecule has 1 N–H and O–H groups in total. The molecule has 0 aliphatic rings. The number of carbonyl (C=O) groups is 3. The lowest BCUT2D eigenvalue weighted by molar-refractivity contribution is -0.143. The van der Waals surface area contributed by atoms with Gasteiger partial charge < -0.3 is 14.8 Å². The number of esters is 2. The lowest BCUT2D eigenvalue weighted by Gasteiger charge is -2.13. The topological polar surface area (TPSA) is 81.7 Å². The maximum atomic E-state index is 11.9. The zero-order chi connectivity index (χ0) is 19.3. The Morgan fingerprint density at radius 1 is 1.16 bits per heavy atom. The van der Waals surface area contributed by atoms with Crippen LogP contribution in [0, 0.1) is 0 Å². The third-order valence-electron chi connectivity index (χ3n) is 2.86. The summed E-state index contributed by atoms with van der Waals surface area (Å²) in [6.45, 7) is 4.52. The number of halogens is 3. The Balaban J connectivity index is 3.29. The van der Waals surface area contributed by atoms with Crippen molar-refractivity contribution in [3.05, 3.63) is 38.5 Å². The normalized spacial score (nSPS) is 11.3. The number of ether oxygens (including phenoxy) is 2. The minimum atomic E-state index is -0.792. The molecule has 0 aromatic heterocycles. The number of Topliss-reactive ketones (excluding diaryl/α,β-unsaturated/α-hetero) is 1. The molecule has 136 valence electrons. The Kier molecular flexibility index (Phi) is 7.73. The summed E-state index contributed by atoms with van der Waals surface area (Å²) < 4.78 is 9.61. The fraction of sp³-hybridized carbons (Fsp3) is 0.312. The first-order valence-electron chi connectivity index (χ1n) is 7.04. The van der Waals surface area contributed by atoms with Crippen LogP contribution in [0.4, 0.5) is 5.69 Å². The molecule has 0 unspecified atom stereocenters. The van der Waals surface area contributed by atoms with Crippen LogP contribution >= 0.6 is 34.8 Å². The first-order chi connectivity index (χ1) is 11.6. The van der Waals surface area contributed by atoms with Crippen molar-refractivity contribution in [2.45, 2.75) is 26.9 Å². The van der Waals surface area contributed by atoms with E-state index in [9.17, 15) is 14.4 Å². The van der Waals surface area contributed by atoms with Crippen molar-refractivity contribution in [3.63, 3.8) is 0 Å². The van der Waals surface area contributed by atoms with Crippen LogP contribution in [0.5, 0.6) is 0 Å². The van der Waals surface area contributed by atoms with Gasteiger partial charge in [-0.25, -0.2) is 9.59 Å². The van der Waals surface area contributed by atoms with Crippen LogP contribution in [0.15, 0.2) is 17.8 Å². The largest absolute Gasteiger partial charge is 0.465 e. The van der Waals surface area contributed by atoms with E-state index in [1.165, 1.54) is 20.1 Å². The van der Waals surface area contributed by atoms with E-state index in [1.807, 2.05) is 0 Å². The summed E-state index contributed by atoms with van der Waals surface area (Å²) in [5, 5.41) is 2.57. The van der Waals surface area contributed by atoms with Crippen molar-refractivity contribution in [3.8, 4) is 0 Å². The highest BCUT2D eigenvalue weighted by Gasteiger charge is 2.22. The summed E-state index contributed by atoms with van der Waals surface area (Å²) in [6.07, 6.45) is 0.731. The second-order valence-electron chi connectivity index (χ2n) is 5.11. The van der Waals surface area contributed by atoms with Gasteiger partial charge in [0.1, 0.15) is 11.1 Å². The van der Waals surface area contributed by atoms with Crippen LogP contribution < -0.4 is 5.32 Å². The minimum Gasteiger partial charge on any atom is -0.465 e.